The number of hydrogen-bond donors (Lipinski definition) is 1. The van der Waals surface area contributed by atoms with Gasteiger partial charge in [0.1, 0.15) is 5.75 Å². The van der Waals surface area contributed by atoms with Crippen LogP contribution in [-0.2, 0) is 6.54 Å². The average Bonchev–Trinajstić information content (AvgIpc) is 2.38. The molecule has 0 unspecified atom stereocenters. The summed E-state index contributed by atoms with van der Waals surface area (Å²) in [4.78, 5) is 13.9. The maximum Gasteiger partial charge on any atom is 0.159 e. The fraction of sp³-hybridized carbons (Fsp3) is 0.533. The van der Waals surface area contributed by atoms with Gasteiger partial charge in [-0.05, 0) is 32.0 Å². The summed E-state index contributed by atoms with van der Waals surface area (Å²) in [7, 11) is 1.67. The molecule has 0 bridgehead atoms. The molecule has 1 aliphatic rings. The lowest BCUT2D eigenvalue weighted by Crippen LogP contribution is -2.48. The van der Waals surface area contributed by atoms with Gasteiger partial charge in [-0.1, -0.05) is 0 Å². The van der Waals surface area contributed by atoms with Gasteiger partial charge in [-0.3, -0.25) is 9.69 Å². The van der Waals surface area contributed by atoms with Crippen LogP contribution >= 0.6 is 0 Å². The third-order valence-corrected chi connectivity index (χ3v) is 3.53. The second kappa shape index (κ2) is 6.17. The molecule has 1 fully saturated rings. The Kier molecular flexibility index (Phi) is 4.56. The van der Waals surface area contributed by atoms with Gasteiger partial charge in [0.25, 0.3) is 0 Å². The largest absolute Gasteiger partial charge is 0.496 e. The van der Waals surface area contributed by atoms with Crippen LogP contribution in [0.15, 0.2) is 18.2 Å². The van der Waals surface area contributed by atoms with Crippen LogP contribution in [0, 0.1) is 0 Å². The zero-order chi connectivity index (χ0) is 13.8. The topological polar surface area (TPSA) is 41.6 Å². The molecule has 4 nitrogen and oxygen atoms in total. The number of hydrogen-bond acceptors (Lipinski definition) is 4. The third-order valence-electron chi connectivity index (χ3n) is 3.53. The normalized spacial score (nSPS) is 20.3. The van der Waals surface area contributed by atoms with E-state index in [1.165, 1.54) is 0 Å². The molecule has 4 heteroatoms. The minimum Gasteiger partial charge on any atom is -0.496 e. The van der Waals surface area contributed by atoms with Crippen LogP contribution in [0.2, 0.25) is 0 Å². The van der Waals surface area contributed by atoms with Crippen molar-refractivity contribution in [2.45, 2.75) is 26.4 Å². The number of carbonyl (C=O) groups is 1. The van der Waals surface area contributed by atoms with Crippen LogP contribution in [0.4, 0.5) is 0 Å². The van der Waals surface area contributed by atoms with Gasteiger partial charge in [-0.15, -0.1) is 0 Å². The molecule has 0 amide bonds. The van der Waals surface area contributed by atoms with E-state index in [2.05, 4.69) is 17.1 Å². The minimum absolute atomic E-state index is 0.0950. The summed E-state index contributed by atoms with van der Waals surface area (Å²) in [6, 6.07) is 6.17. The van der Waals surface area contributed by atoms with Gasteiger partial charge in [0.2, 0.25) is 0 Å². The Labute approximate surface area is 114 Å². The smallest absolute Gasteiger partial charge is 0.159 e. The van der Waals surface area contributed by atoms with Crippen molar-refractivity contribution in [3.05, 3.63) is 29.3 Å². The van der Waals surface area contributed by atoms with E-state index in [9.17, 15) is 4.79 Å². The lowest BCUT2D eigenvalue weighted by molar-refractivity contribution is 0.101. The highest BCUT2D eigenvalue weighted by Gasteiger charge is 2.17. The SMILES string of the molecule is COc1ccc(C(C)=O)cc1CN1CCN[C@H](C)C1. The minimum atomic E-state index is 0.0950. The highest BCUT2D eigenvalue weighted by Crippen LogP contribution is 2.22. The van der Waals surface area contributed by atoms with Gasteiger partial charge in [-0.2, -0.15) is 0 Å². The van der Waals surface area contributed by atoms with E-state index in [4.69, 9.17) is 4.74 Å². The number of carbonyl (C=O) groups excluding carboxylic acids is 1. The highest BCUT2D eigenvalue weighted by atomic mass is 16.5. The molecule has 1 saturated heterocycles. The number of Topliss-reactive ketones (excluding diaryl/α,β-unsaturated/α-hetero) is 1. The van der Waals surface area contributed by atoms with Crippen molar-refractivity contribution < 1.29 is 9.53 Å². The number of ether oxygens (including phenoxy) is 1. The van der Waals surface area contributed by atoms with E-state index in [1.54, 1.807) is 14.0 Å². The van der Waals surface area contributed by atoms with Gasteiger partial charge in [0.05, 0.1) is 7.11 Å². The Morgan fingerprint density at radius 2 is 2.32 bits per heavy atom. The fourth-order valence-corrected chi connectivity index (χ4v) is 2.52. The van der Waals surface area contributed by atoms with E-state index in [1.807, 2.05) is 18.2 Å². The molecule has 1 aliphatic heterocycles. The van der Waals surface area contributed by atoms with Crippen molar-refractivity contribution in [3.63, 3.8) is 0 Å². The number of rotatable bonds is 4. The molecular formula is C15H22N2O2. The predicted molar refractivity (Wildman–Crippen MR) is 75.7 cm³/mol. The monoisotopic (exact) mass is 262 g/mol. The van der Waals surface area contributed by atoms with E-state index < -0.39 is 0 Å². The summed E-state index contributed by atoms with van der Waals surface area (Å²) in [5.41, 5.74) is 1.84. The summed E-state index contributed by atoms with van der Waals surface area (Å²) < 4.78 is 5.39. The zero-order valence-corrected chi connectivity index (χ0v) is 11.9. The molecule has 104 valence electrons. The van der Waals surface area contributed by atoms with Crippen molar-refractivity contribution in [3.8, 4) is 5.75 Å². The van der Waals surface area contributed by atoms with Crippen LogP contribution in [0.3, 0.4) is 0 Å². The van der Waals surface area contributed by atoms with Crippen LogP contribution in [0.25, 0.3) is 0 Å². The Morgan fingerprint density at radius 3 is 2.95 bits per heavy atom. The van der Waals surface area contributed by atoms with Crippen molar-refractivity contribution >= 4 is 5.78 Å². The number of piperazine rings is 1. The molecule has 0 saturated carbocycles. The number of benzene rings is 1. The highest BCUT2D eigenvalue weighted by molar-refractivity contribution is 5.94. The Hall–Kier alpha value is -1.39. The van der Waals surface area contributed by atoms with Crippen molar-refractivity contribution in [2.24, 2.45) is 0 Å². The molecule has 1 aromatic rings. The van der Waals surface area contributed by atoms with Crippen molar-refractivity contribution in [1.82, 2.24) is 10.2 Å². The lowest BCUT2D eigenvalue weighted by Gasteiger charge is -2.32. The molecule has 0 radical (unpaired) electrons. The van der Waals surface area contributed by atoms with Crippen LogP contribution in [0.5, 0.6) is 5.75 Å². The number of nitrogens with zero attached hydrogens (tertiary/aromatic N) is 1. The standard InChI is InChI=1S/C15H22N2O2/c1-11-9-17(7-6-16-11)10-14-8-13(12(2)18)4-5-15(14)19-3/h4-5,8,11,16H,6-7,9-10H2,1-3H3/t11-/m1/s1. The second-order valence-corrected chi connectivity index (χ2v) is 5.17. The van der Waals surface area contributed by atoms with Crippen LogP contribution in [-0.4, -0.2) is 43.5 Å². The maximum absolute atomic E-state index is 11.5. The first-order chi connectivity index (χ1) is 9.10. The van der Waals surface area contributed by atoms with Gasteiger partial charge in [0.15, 0.2) is 5.78 Å². The number of methoxy groups -OCH3 is 1. The van der Waals surface area contributed by atoms with E-state index in [0.717, 1.165) is 43.1 Å². The first kappa shape index (κ1) is 14.0. The number of nitrogens with one attached hydrogen (secondary N) is 1. The molecule has 1 atom stereocenters. The predicted octanol–water partition coefficient (Wildman–Crippen LogP) is 1.69. The van der Waals surface area contributed by atoms with Gasteiger partial charge in [-0.25, -0.2) is 0 Å². The Bertz CT molecular complexity index is 459. The van der Waals surface area contributed by atoms with Crippen molar-refractivity contribution in [1.29, 1.82) is 0 Å². The molecule has 1 N–H and O–H groups in total. The molecule has 19 heavy (non-hydrogen) atoms. The average molecular weight is 262 g/mol. The maximum atomic E-state index is 11.5. The summed E-state index contributed by atoms with van der Waals surface area (Å²) in [5.74, 6) is 0.953. The molecule has 0 aromatic heterocycles. The van der Waals surface area contributed by atoms with Gasteiger partial charge >= 0.3 is 0 Å². The van der Waals surface area contributed by atoms with E-state index in [0.29, 0.717) is 6.04 Å². The molecule has 1 aromatic carbocycles. The molecule has 1 heterocycles. The summed E-state index contributed by atoms with van der Waals surface area (Å²) in [6.07, 6.45) is 0. The summed E-state index contributed by atoms with van der Waals surface area (Å²) >= 11 is 0. The van der Waals surface area contributed by atoms with Gasteiger partial charge < -0.3 is 10.1 Å². The van der Waals surface area contributed by atoms with Crippen molar-refractivity contribution in [2.75, 3.05) is 26.7 Å². The Morgan fingerprint density at radius 1 is 1.53 bits per heavy atom. The fourth-order valence-electron chi connectivity index (χ4n) is 2.52. The number of ketones is 1. The zero-order valence-electron chi connectivity index (χ0n) is 11.9. The summed E-state index contributed by atoms with van der Waals surface area (Å²) in [5, 5.41) is 3.43. The van der Waals surface area contributed by atoms with Crippen LogP contribution in [0.1, 0.15) is 29.8 Å². The van der Waals surface area contributed by atoms with E-state index >= 15 is 0 Å². The second-order valence-electron chi connectivity index (χ2n) is 5.17. The lowest BCUT2D eigenvalue weighted by atomic mass is 10.1. The molecule has 2 rings (SSSR count). The van der Waals surface area contributed by atoms with Crippen LogP contribution < -0.4 is 10.1 Å². The first-order valence-electron chi connectivity index (χ1n) is 6.73. The Balaban J connectivity index is 2.17. The van der Waals surface area contributed by atoms with Gasteiger partial charge in [0, 0.05) is 43.3 Å². The third kappa shape index (κ3) is 3.55. The summed E-state index contributed by atoms with van der Waals surface area (Å²) in [6.45, 7) is 7.67. The molecule has 0 aliphatic carbocycles. The molecular weight excluding hydrogens is 240 g/mol. The van der Waals surface area contributed by atoms with E-state index in [-0.39, 0.29) is 5.78 Å². The molecule has 0 spiro atoms. The quantitative estimate of drug-likeness (QED) is 0.839. The first-order valence-corrected chi connectivity index (χ1v) is 6.73.